The molecule has 6 nitrogen and oxygen atoms in total. The molecule has 6 heteroatoms. The Balaban J connectivity index is 2.32. The minimum atomic E-state index is 0.579. The fourth-order valence-corrected chi connectivity index (χ4v) is 1.84. The lowest BCUT2D eigenvalue weighted by Gasteiger charge is -2.07. The normalized spacial score (nSPS) is 10.5. The Kier molecular flexibility index (Phi) is 5.19. The minimum Gasteiger partial charge on any atom is -0.497 e. The summed E-state index contributed by atoms with van der Waals surface area (Å²) in [6.07, 6.45) is 0. The Morgan fingerprint density at radius 2 is 1.00 bits per heavy atom. The summed E-state index contributed by atoms with van der Waals surface area (Å²) in [6, 6.07) is 10.6. The lowest BCUT2D eigenvalue weighted by molar-refractivity contribution is 0.394. The summed E-state index contributed by atoms with van der Waals surface area (Å²) < 4.78 is 20.9. The Morgan fingerprint density at radius 3 is 1.32 bits per heavy atom. The van der Waals surface area contributed by atoms with Crippen LogP contribution in [0.2, 0.25) is 0 Å². The highest BCUT2D eigenvalue weighted by Crippen LogP contribution is 2.36. The van der Waals surface area contributed by atoms with Gasteiger partial charge in [0, 0.05) is 12.1 Å². The van der Waals surface area contributed by atoms with E-state index in [0.717, 1.165) is 0 Å². The Bertz CT molecular complexity index is 614. The Morgan fingerprint density at radius 1 is 0.591 bits per heavy atom. The molecule has 0 saturated carbocycles. The lowest BCUT2D eigenvalue weighted by Crippen LogP contribution is -1.87. The molecule has 0 radical (unpaired) electrons. The molecule has 2 aromatic carbocycles. The SMILES string of the molecule is COc1ccc(N=Nc2ccc(OC)cc2OC)c(OC)c1. The highest BCUT2D eigenvalue weighted by molar-refractivity contribution is 5.57. The third kappa shape index (κ3) is 3.46. The smallest absolute Gasteiger partial charge is 0.150 e. The molecular weight excluding hydrogens is 284 g/mol. The van der Waals surface area contributed by atoms with Gasteiger partial charge in [-0.25, -0.2) is 0 Å². The molecule has 22 heavy (non-hydrogen) atoms. The molecule has 0 aromatic heterocycles. The summed E-state index contributed by atoms with van der Waals surface area (Å²) in [5.41, 5.74) is 1.20. The average Bonchev–Trinajstić information content (AvgIpc) is 2.59. The molecule has 2 aromatic rings. The van der Waals surface area contributed by atoms with E-state index in [-0.39, 0.29) is 0 Å². The van der Waals surface area contributed by atoms with Crippen LogP contribution < -0.4 is 18.9 Å². The van der Waals surface area contributed by atoms with Crippen LogP contribution in [0.15, 0.2) is 46.6 Å². The predicted molar refractivity (Wildman–Crippen MR) is 83.3 cm³/mol. The molecule has 0 aliphatic carbocycles. The largest absolute Gasteiger partial charge is 0.497 e. The fraction of sp³-hybridized carbons (Fsp3) is 0.250. The molecule has 0 unspecified atom stereocenters. The molecule has 0 saturated heterocycles. The number of rotatable bonds is 6. The number of benzene rings is 2. The molecule has 0 N–H and O–H groups in total. The summed E-state index contributed by atoms with van der Waals surface area (Å²) >= 11 is 0. The zero-order valence-corrected chi connectivity index (χ0v) is 13.0. The van der Waals surface area contributed by atoms with E-state index in [1.54, 1.807) is 64.8 Å². The van der Waals surface area contributed by atoms with Crippen molar-refractivity contribution in [3.8, 4) is 23.0 Å². The van der Waals surface area contributed by atoms with Crippen molar-refractivity contribution in [2.24, 2.45) is 10.2 Å². The molecule has 0 bridgehead atoms. The van der Waals surface area contributed by atoms with E-state index in [9.17, 15) is 0 Å². The van der Waals surface area contributed by atoms with Crippen LogP contribution in [-0.2, 0) is 0 Å². The van der Waals surface area contributed by atoms with Crippen molar-refractivity contribution in [3.63, 3.8) is 0 Å². The molecule has 0 aliphatic rings. The second-order valence-electron chi connectivity index (χ2n) is 4.28. The van der Waals surface area contributed by atoms with Gasteiger partial charge in [-0.05, 0) is 24.3 Å². The van der Waals surface area contributed by atoms with Gasteiger partial charge in [-0.2, -0.15) is 0 Å². The van der Waals surface area contributed by atoms with E-state index in [0.29, 0.717) is 34.4 Å². The third-order valence-corrected chi connectivity index (χ3v) is 3.04. The number of ether oxygens (including phenoxy) is 4. The zero-order chi connectivity index (χ0) is 15.9. The quantitative estimate of drug-likeness (QED) is 0.752. The molecule has 0 heterocycles. The van der Waals surface area contributed by atoms with Crippen LogP contribution in [0.25, 0.3) is 0 Å². The number of nitrogens with zero attached hydrogens (tertiary/aromatic N) is 2. The van der Waals surface area contributed by atoms with E-state index in [1.165, 1.54) is 0 Å². The molecule has 0 atom stereocenters. The topological polar surface area (TPSA) is 61.6 Å². The van der Waals surface area contributed by atoms with Crippen molar-refractivity contribution in [3.05, 3.63) is 36.4 Å². The second kappa shape index (κ2) is 7.31. The van der Waals surface area contributed by atoms with Crippen molar-refractivity contribution < 1.29 is 18.9 Å². The number of methoxy groups -OCH3 is 4. The van der Waals surface area contributed by atoms with E-state index < -0.39 is 0 Å². The maximum atomic E-state index is 5.28. The first-order valence-corrected chi connectivity index (χ1v) is 6.57. The highest BCUT2D eigenvalue weighted by Gasteiger charge is 2.06. The van der Waals surface area contributed by atoms with E-state index >= 15 is 0 Å². The maximum Gasteiger partial charge on any atom is 0.150 e. The van der Waals surface area contributed by atoms with Crippen molar-refractivity contribution in [2.45, 2.75) is 0 Å². The summed E-state index contributed by atoms with van der Waals surface area (Å²) in [5.74, 6) is 2.54. The van der Waals surface area contributed by atoms with Crippen molar-refractivity contribution in [1.82, 2.24) is 0 Å². The van der Waals surface area contributed by atoms with Crippen LogP contribution >= 0.6 is 0 Å². The standard InChI is InChI=1S/C16H18N2O4/c1-19-11-5-7-13(15(9-11)21-3)17-18-14-8-6-12(20-2)10-16(14)22-4/h5-10H,1-4H3. The molecular formula is C16H18N2O4. The van der Waals surface area contributed by atoms with Gasteiger partial charge < -0.3 is 18.9 Å². The lowest BCUT2D eigenvalue weighted by atomic mass is 10.2. The summed E-state index contributed by atoms with van der Waals surface area (Å²) in [6.45, 7) is 0. The van der Waals surface area contributed by atoms with Crippen LogP contribution in [-0.4, -0.2) is 28.4 Å². The fourth-order valence-electron chi connectivity index (χ4n) is 1.84. The van der Waals surface area contributed by atoms with Gasteiger partial charge in [0.25, 0.3) is 0 Å². The molecule has 0 amide bonds. The first kappa shape index (κ1) is 15.6. The summed E-state index contributed by atoms with van der Waals surface area (Å²) in [5, 5.41) is 8.42. The van der Waals surface area contributed by atoms with Crippen molar-refractivity contribution in [1.29, 1.82) is 0 Å². The first-order chi connectivity index (χ1) is 10.7. The molecule has 0 aliphatic heterocycles. The molecule has 0 spiro atoms. The van der Waals surface area contributed by atoms with Crippen LogP contribution in [0.4, 0.5) is 11.4 Å². The van der Waals surface area contributed by atoms with Gasteiger partial charge in [-0.1, -0.05) is 0 Å². The van der Waals surface area contributed by atoms with Gasteiger partial charge in [0.15, 0.2) is 0 Å². The van der Waals surface area contributed by atoms with E-state index in [2.05, 4.69) is 10.2 Å². The van der Waals surface area contributed by atoms with Gasteiger partial charge in [0.2, 0.25) is 0 Å². The van der Waals surface area contributed by atoms with E-state index in [4.69, 9.17) is 18.9 Å². The summed E-state index contributed by atoms with van der Waals surface area (Å²) in [7, 11) is 6.33. The predicted octanol–water partition coefficient (Wildman–Crippen LogP) is 4.14. The Hall–Kier alpha value is -2.76. The van der Waals surface area contributed by atoms with Gasteiger partial charge >= 0.3 is 0 Å². The second-order valence-corrected chi connectivity index (χ2v) is 4.28. The van der Waals surface area contributed by atoms with Crippen LogP contribution in [0.3, 0.4) is 0 Å². The van der Waals surface area contributed by atoms with E-state index in [1.807, 2.05) is 0 Å². The summed E-state index contributed by atoms with van der Waals surface area (Å²) in [4.78, 5) is 0. The van der Waals surface area contributed by atoms with Gasteiger partial charge in [0.05, 0.1) is 28.4 Å². The monoisotopic (exact) mass is 302 g/mol. The number of hydrogen-bond donors (Lipinski definition) is 0. The van der Waals surface area contributed by atoms with Gasteiger partial charge in [-0.3, -0.25) is 0 Å². The Labute approximate surface area is 129 Å². The van der Waals surface area contributed by atoms with Gasteiger partial charge in [0.1, 0.15) is 34.4 Å². The van der Waals surface area contributed by atoms with Gasteiger partial charge in [-0.15, -0.1) is 10.2 Å². The minimum absolute atomic E-state index is 0.579. The van der Waals surface area contributed by atoms with Crippen LogP contribution in [0.5, 0.6) is 23.0 Å². The highest BCUT2D eigenvalue weighted by atomic mass is 16.5. The number of azo groups is 1. The first-order valence-electron chi connectivity index (χ1n) is 6.57. The van der Waals surface area contributed by atoms with Crippen molar-refractivity contribution in [2.75, 3.05) is 28.4 Å². The average molecular weight is 302 g/mol. The third-order valence-electron chi connectivity index (χ3n) is 3.04. The maximum absolute atomic E-state index is 5.28. The van der Waals surface area contributed by atoms with Crippen LogP contribution in [0.1, 0.15) is 0 Å². The zero-order valence-electron chi connectivity index (χ0n) is 13.0. The number of hydrogen-bond acceptors (Lipinski definition) is 6. The van der Waals surface area contributed by atoms with Crippen LogP contribution in [0, 0.1) is 0 Å². The molecule has 116 valence electrons. The molecule has 0 fully saturated rings. The van der Waals surface area contributed by atoms with Crippen molar-refractivity contribution >= 4 is 11.4 Å². The molecule has 2 rings (SSSR count).